The second kappa shape index (κ2) is 10.7. The summed E-state index contributed by atoms with van der Waals surface area (Å²) in [6, 6.07) is 16.1. The number of hydrogen-bond acceptors (Lipinski definition) is 5. The average Bonchev–Trinajstić information content (AvgIpc) is 3.33. The molecule has 1 saturated carbocycles. The minimum absolute atomic E-state index is 0.0852. The number of carbonyl (C=O) groups excluding carboxylic acids is 1. The van der Waals surface area contributed by atoms with Crippen molar-refractivity contribution in [3.63, 3.8) is 0 Å². The number of carbonyl (C=O) groups is 1. The second-order valence-corrected chi connectivity index (χ2v) is 11.2. The van der Waals surface area contributed by atoms with Crippen LogP contribution in [0.2, 0.25) is 0 Å². The summed E-state index contributed by atoms with van der Waals surface area (Å²) < 4.78 is 6.38. The molecule has 0 unspecified atom stereocenters. The van der Waals surface area contributed by atoms with Gasteiger partial charge < -0.3 is 19.7 Å². The number of aromatic amines is 1. The number of hydrogen-bond donors (Lipinski definition) is 2. The molecule has 3 aliphatic rings. The van der Waals surface area contributed by atoms with E-state index in [-0.39, 0.29) is 23.6 Å². The molecule has 0 aliphatic heterocycles. The maximum absolute atomic E-state index is 12.8. The molecule has 1 heterocycles. The van der Waals surface area contributed by atoms with Gasteiger partial charge in [-0.2, -0.15) is 0 Å². The predicted octanol–water partition coefficient (Wildman–Crippen LogP) is 5.97. The zero-order chi connectivity index (χ0) is 26.0. The highest BCUT2D eigenvalue weighted by atomic mass is 16.6. The van der Waals surface area contributed by atoms with Crippen molar-refractivity contribution >= 4 is 22.6 Å². The number of H-pyrrole nitrogens is 1. The van der Waals surface area contributed by atoms with E-state index in [4.69, 9.17) is 4.74 Å². The number of fused-ring (bicyclic) bond motifs is 3. The molecule has 196 valence electrons. The number of phenolic OH excluding ortho intramolecular Hbond substituents is 1. The SMILES string of the molecule is CC(C)C(=O)O[C@@]1(CCN(C)CCCc2nc3c(O)cccc3[nH]2)C[C@H]2CC[C@@H]1C=C2c1ccccc1. The number of ether oxygens (including phenoxy) is 1. The van der Waals surface area contributed by atoms with Gasteiger partial charge in [0.2, 0.25) is 0 Å². The van der Waals surface area contributed by atoms with Crippen LogP contribution >= 0.6 is 0 Å². The Hall–Kier alpha value is -3.12. The Morgan fingerprint density at radius 2 is 1.97 bits per heavy atom. The summed E-state index contributed by atoms with van der Waals surface area (Å²) in [5.74, 6) is 1.59. The quantitative estimate of drug-likeness (QED) is 0.335. The van der Waals surface area contributed by atoms with Crippen molar-refractivity contribution in [1.29, 1.82) is 0 Å². The van der Waals surface area contributed by atoms with E-state index in [0.717, 1.165) is 63.0 Å². The van der Waals surface area contributed by atoms with E-state index in [1.165, 1.54) is 11.1 Å². The van der Waals surface area contributed by atoms with E-state index in [2.05, 4.69) is 58.3 Å². The first-order valence-electron chi connectivity index (χ1n) is 13.7. The summed E-state index contributed by atoms with van der Waals surface area (Å²) >= 11 is 0. The highest BCUT2D eigenvalue weighted by molar-refractivity contribution is 5.81. The summed E-state index contributed by atoms with van der Waals surface area (Å²) in [5.41, 5.74) is 3.81. The Labute approximate surface area is 219 Å². The molecule has 6 rings (SSSR count). The van der Waals surface area contributed by atoms with Gasteiger partial charge in [0.05, 0.1) is 11.4 Å². The number of benzene rings is 2. The molecule has 3 aliphatic carbocycles. The van der Waals surface area contributed by atoms with Crippen LogP contribution in [-0.4, -0.2) is 51.7 Å². The van der Waals surface area contributed by atoms with Crippen LogP contribution in [0.3, 0.4) is 0 Å². The molecule has 0 saturated heterocycles. The van der Waals surface area contributed by atoms with Crippen LogP contribution in [-0.2, 0) is 16.0 Å². The molecule has 1 fully saturated rings. The van der Waals surface area contributed by atoms with Crippen LogP contribution in [0.15, 0.2) is 54.6 Å². The first-order valence-corrected chi connectivity index (χ1v) is 13.7. The minimum atomic E-state index is -0.424. The lowest BCUT2D eigenvalue weighted by atomic mass is 9.60. The molecule has 0 spiro atoms. The molecule has 1 aromatic heterocycles. The van der Waals surface area contributed by atoms with E-state index < -0.39 is 5.60 Å². The Bertz CT molecular complexity index is 1270. The Balaban J connectivity index is 1.23. The third-order valence-electron chi connectivity index (χ3n) is 8.21. The molecule has 3 atom stereocenters. The van der Waals surface area contributed by atoms with Crippen LogP contribution in [0, 0.1) is 17.8 Å². The van der Waals surface area contributed by atoms with Gasteiger partial charge in [-0.05, 0) is 68.5 Å². The summed E-state index contributed by atoms with van der Waals surface area (Å²) in [4.78, 5) is 23.0. The van der Waals surface area contributed by atoms with E-state index in [0.29, 0.717) is 11.4 Å². The average molecular weight is 502 g/mol. The van der Waals surface area contributed by atoms with Crippen molar-refractivity contribution in [1.82, 2.24) is 14.9 Å². The number of allylic oxidation sites excluding steroid dienone is 1. The van der Waals surface area contributed by atoms with Gasteiger partial charge in [-0.3, -0.25) is 4.79 Å². The number of para-hydroxylation sites is 1. The molecule has 2 N–H and O–H groups in total. The van der Waals surface area contributed by atoms with Crippen molar-refractivity contribution in [3.05, 3.63) is 66.0 Å². The molecule has 6 heteroatoms. The highest BCUT2D eigenvalue weighted by Crippen LogP contribution is 2.53. The highest BCUT2D eigenvalue weighted by Gasteiger charge is 2.50. The van der Waals surface area contributed by atoms with Crippen LogP contribution in [0.5, 0.6) is 5.75 Å². The van der Waals surface area contributed by atoms with Gasteiger partial charge in [-0.15, -0.1) is 0 Å². The number of nitrogens with zero attached hydrogens (tertiary/aromatic N) is 2. The van der Waals surface area contributed by atoms with Crippen molar-refractivity contribution < 1.29 is 14.6 Å². The molecule has 6 nitrogen and oxygen atoms in total. The van der Waals surface area contributed by atoms with Crippen molar-refractivity contribution in [2.45, 2.75) is 58.0 Å². The van der Waals surface area contributed by atoms with Crippen LogP contribution in [0.4, 0.5) is 0 Å². The number of rotatable bonds is 10. The van der Waals surface area contributed by atoms with Gasteiger partial charge in [-0.25, -0.2) is 4.98 Å². The maximum atomic E-state index is 12.8. The van der Waals surface area contributed by atoms with Gasteiger partial charge in [0, 0.05) is 25.3 Å². The second-order valence-electron chi connectivity index (χ2n) is 11.2. The fraction of sp³-hybridized carbons (Fsp3) is 0.484. The van der Waals surface area contributed by atoms with Gasteiger partial charge >= 0.3 is 5.97 Å². The fourth-order valence-electron chi connectivity index (χ4n) is 6.10. The molecule has 3 aromatic rings. The fourth-order valence-corrected chi connectivity index (χ4v) is 6.10. The lowest BCUT2D eigenvalue weighted by molar-refractivity contribution is -0.176. The van der Waals surface area contributed by atoms with E-state index >= 15 is 0 Å². The Morgan fingerprint density at radius 3 is 2.68 bits per heavy atom. The summed E-state index contributed by atoms with van der Waals surface area (Å²) in [5, 5.41) is 10.0. The molecule has 2 aromatic carbocycles. The Kier molecular flexibility index (Phi) is 7.38. The van der Waals surface area contributed by atoms with Crippen LogP contribution in [0.1, 0.15) is 57.3 Å². The summed E-state index contributed by atoms with van der Waals surface area (Å²) in [7, 11) is 2.15. The lowest BCUT2D eigenvalue weighted by Crippen LogP contribution is -2.51. The number of imidazole rings is 1. The molecule has 2 bridgehead atoms. The first kappa shape index (κ1) is 25.5. The van der Waals surface area contributed by atoms with E-state index in [1.54, 1.807) is 6.07 Å². The third kappa shape index (κ3) is 5.45. The number of aryl methyl sites for hydroxylation is 1. The Morgan fingerprint density at radius 1 is 1.16 bits per heavy atom. The van der Waals surface area contributed by atoms with Crippen molar-refractivity contribution in [3.8, 4) is 5.75 Å². The van der Waals surface area contributed by atoms with Gasteiger partial charge in [-0.1, -0.05) is 56.3 Å². The van der Waals surface area contributed by atoms with Crippen molar-refractivity contribution in [2.75, 3.05) is 20.1 Å². The van der Waals surface area contributed by atoms with Crippen LogP contribution < -0.4 is 0 Å². The summed E-state index contributed by atoms with van der Waals surface area (Å²) in [6.07, 6.45) is 8.19. The molecule has 37 heavy (non-hydrogen) atoms. The van der Waals surface area contributed by atoms with Gasteiger partial charge in [0.1, 0.15) is 22.7 Å². The van der Waals surface area contributed by atoms with Crippen molar-refractivity contribution in [2.24, 2.45) is 17.8 Å². The predicted molar refractivity (Wildman–Crippen MR) is 147 cm³/mol. The maximum Gasteiger partial charge on any atom is 0.308 e. The molecule has 0 radical (unpaired) electrons. The monoisotopic (exact) mass is 501 g/mol. The number of phenols is 1. The number of aromatic nitrogens is 2. The molecular weight excluding hydrogens is 462 g/mol. The van der Waals surface area contributed by atoms with E-state index in [1.807, 2.05) is 26.0 Å². The van der Waals surface area contributed by atoms with Crippen LogP contribution in [0.25, 0.3) is 16.6 Å². The zero-order valence-corrected chi connectivity index (χ0v) is 22.2. The smallest absolute Gasteiger partial charge is 0.308 e. The zero-order valence-electron chi connectivity index (χ0n) is 22.2. The largest absolute Gasteiger partial charge is 0.506 e. The summed E-state index contributed by atoms with van der Waals surface area (Å²) in [6.45, 7) is 5.65. The number of esters is 1. The number of nitrogens with one attached hydrogen (secondary N) is 1. The number of aromatic hydroxyl groups is 1. The first-order chi connectivity index (χ1) is 17.8. The molecular formula is C31H39N3O3. The normalized spacial score (nSPS) is 23.1. The standard InChI is InChI=1S/C31H39N3O3/c1-21(2)30(36)37-31(20-23-14-15-24(31)19-25(23)22-9-5-4-6-10-22)16-18-34(3)17-8-13-28-32-26-11-7-12-27(35)29(26)33-28/h4-7,9-12,19,21,23-24,35H,8,13-18,20H2,1-3H3,(H,32,33)/t23-,24-,31+/m1/s1. The minimum Gasteiger partial charge on any atom is -0.506 e. The lowest BCUT2D eigenvalue weighted by Gasteiger charge is -2.50. The molecule has 0 amide bonds. The van der Waals surface area contributed by atoms with Gasteiger partial charge in [0.15, 0.2) is 0 Å². The van der Waals surface area contributed by atoms with E-state index in [9.17, 15) is 9.90 Å². The third-order valence-corrected chi connectivity index (χ3v) is 8.21. The topological polar surface area (TPSA) is 78.4 Å². The van der Waals surface area contributed by atoms with Gasteiger partial charge in [0.25, 0.3) is 0 Å².